The fourth-order valence-corrected chi connectivity index (χ4v) is 2.44. The maximum atomic E-state index is 11.7. The van der Waals surface area contributed by atoms with Gasteiger partial charge in [0.1, 0.15) is 0 Å². The van der Waals surface area contributed by atoms with Crippen LogP contribution in [0.3, 0.4) is 0 Å². The maximum Gasteiger partial charge on any atom is 0.252 e. The molecule has 1 heterocycles. The van der Waals surface area contributed by atoms with E-state index in [4.69, 9.17) is 4.74 Å². The van der Waals surface area contributed by atoms with E-state index >= 15 is 0 Å². The Morgan fingerprint density at radius 3 is 2.86 bits per heavy atom. The zero-order chi connectivity index (χ0) is 15.8. The van der Waals surface area contributed by atoms with Gasteiger partial charge in [-0.2, -0.15) is 0 Å². The largest absolute Gasteiger partial charge is 0.383 e. The van der Waals surface area contributed by atoms with Crippen LogP contribution in [0, 0.1) is 0 Å². The van der Waals surface area contributed by atoms with Crippen LogP contribution in [0.25, 0.3) is 11.3 Å². The average molecular weight is 319 g/mol. The van der Waals surface area contributed by atoms with Crippen molar-refractivity contribution in [2.45, 2.75) is 5.16 Å². The number of methoxy groups -OCH3 is 1. The van der Waals surface area contributed by atoms with Crippen LogP contribution in [0.1, 0.15) is 0 Å². The second-order valence-electron chi connectivity index (χ2n) is 4.43. The summed E-state index contributed by atoms with van der Waals surface area (Å²) in [5.74, 6) is 0.0556. The fraction of sp³-hybridized carbons (Fsp3) is 0.267. The predicted octanol–water partition coefficient (Wildman–Crippen LogP) is 1.29. The van der Waals surface area contributed by atoms with Crippen LogP contribution in [0.2, 0.25) is 0 Å². The molecule has 1 aromatic heterocycles. The van der Waals surface area contributed by atoms with Crippen LogP contribution < -0.4 is 10.9 Å². The number of aromatic nitrogens is 2. The monoisotopic (exact) mass is 319 g/mol. The Bertz CT molecular complexity index is 673. The molecule has 2 rings (SSSR count). The average Bonchev–Trinajstić information content (AvgIpc) is 2.53. The molecule has 0 unspecified atom stereocenters. The topological polar surface area (TPSA) is 84.1 Å². The molecule has 22 heavy (non-hydrogen) atoms. The van der Waals surface area contributed by atoms with Crippen LogP contribution in [-0.4, -0.2) is 41.9 Å². The van der Waals surface area contributed by atoms with E-state index in [0.717, 1.165) is 5.56 Å². The van der Waals surface area contributed by atoms with E-state index in [1.54, 1.807) is 7.11 Å². The van der Waals surface area contributed by atoms with Crippen molar-refractivity contribution in [1.82, 2.24) is 15.3 Å². The van der Waals surface area contributed by atoms with Gasteiger partial charge in [-0.1, -0.05) is 42.1 Å². The van der Waals surface area contributed by atoms with Gasteiger partial charge in [-0.15, -0.1) is 0 Å². The number of amides is 1. The number of aromatic amines is 1. The summed E-state index contributed by atoms with van der Waals surface area (Å²) in [5, 5.41) is 3.13. The van der Waals surface area contributed by atoms with Gasteiger partial charge in [0.05, 0.1) is 18.1 Å². The molecule has 2 N–H and O–H groups in total. The lowest BCUT2D eigenvalue weighted by Crippen LogP contribution is -2.28. The van der Waals surface area contributed by atoms with E-state index in [-0.39, 0.29) is 17.2 Å². The Balaban J connectivity index is 2.02. The second kappa shape index (κ2) is 8.35. The molecule has 1 amide bonds. The standard InChI is InChI=1S/C15H17N3O3S/c1-21-8-7-16-14(20)10-22-15-17-12(9-13(19)18-15)11-5-3-2-4-6-11/h2-6,9H,7-8,10H2,1H3,(H,16,20)(H,17,18,19). The summed E-state index contributed by atoms with van der Waals surface area (Å²) in [5.41, 5.74) is 1.21. The molecule has 0 radical (unpaired) electrons. The highest BCUT2D eigenvalue weighted by Crippen LogP contribution is 2.18. The number of nitrogens with one attached hydrogen (secondary N) is 2. The lowest BCUT2D eigenvalue weighted by atomic mass is 10.1. The van der Waals surface area contributed by atoms with Crippen LogP contribution in [0.5, 0.6) is 0 Å². The van der Waals surface area contributed by atoms with E-state index in [0.29, 0.717) is 24.0 Å². The molecule has 0 aliphatic carbocycles. The van der Waals surface area contributed by atoms with Crippen LogP contribution in [0.15, 0.2) is 46.3 Å². The van der Waals surface area contributed by atoms with Gasteiger partial charge in [-0.05, 0) is 0 Å². The number of hydrogen-bond acceptors (Lipinski definition) is 5. The van der Waals surface area contributed by atoms with E-state index in [1.165, 1.54) is 17.8 Å². The highest BCUT2D eigenvalue weighted by molar-refractivity contribution is 7.99. The third-order valence-electron chi connectivity index (χ3n) is 2.76. The number of carbonyl (C=O) groups is 1. The Morgan fingerprint density at radius 1 is 1.36 bits per heavy atom. The van der Waals surface area contributed by atoms with Crippen molar-refractivity contribution in [3.63, 3.8) is 0 Å². The second-order valence-corrected chi connectivity index (χ2v) is 5.40. The molecule has 2 aromatic rings. The fourth-order valence-electron chi connectivity index (χ4n) is 1.74. The number of H-pyrrole nitrogens is 1. The van der Waals surface area contributed by atoms with Crippen molar-refractivity contribution in [2.24, 2.45) is 0 Å². The van der Waals surface area contributed by atoms with Gasteiger partial charge in [0.25, 0.3) is 5.56 Å². The number of benzene rings is 1. The highest BCUT2D eigenvalue weighted by atomic mass is 32.2. The Morgan fingerprint density at radius 2 is 2.14 bits per heavy atom. The zero-order valence-corrected chi connectivity index (χ0v) is 13.0. The summed E-state index contributed by atoms with van der Waals surface area (Å²) in [6.45, 7) is 0.929. The van der Waals surface area contributed by atoms with Crippen molar-refractivity contribution in [2.75, 3.05) is 26.0 Å². The predicted molar refractivity (Wildman–Crippen MR) is 85.9 cm³/mol. The molecule has 0 spiro atoms. The Kier molecular flexibility index (Phi) is 6.17. The normalized spacial score (nSPS) is 10.4. The van der Waals surface area contributed by atoms with Crippen molar-refractivity contribution < 1.29 is 9.53 Å². The minimum absolute atomic E-state index is 0.130. The first-order valence-electron chi connectivity index (χ1n) is 6.74. The van der Waals surface area contributed by atoms with E-state index in [1.807, 2.05) is 30.3 Å². The van der Waals surface area contributed by atoms with E-state index in [9.17, 15) is 9.59 Å². The molecule has 7 heteroatoms. The molecule has 6 nitrogen and oxygen atoms in total. The molecule has 0 aliphatic rings. The summed E-state index contributed by atoms with van der Waals surface area (Å²) in [7, 11) is 1.57. The number of carbonyl (C=O) groups excluding carboxylic acids is 1. The Hall–Kier alpha value is -2.12. The first-order chi connectivity index (χ1) is 10.7. The number of rotatable bonds is 7. The lowest BCUT2D eigenvalue weighted by Gasteiger charge is -2.05. The summed E-state index contributed by atoms with van der Waals surface area (Å²) in [4.78, 5) is 30.3. The molecule has 0 saturated heterocycles. The first kappa shape index (κ1) is 16.3. The zero-order valence-electron chi connectivity index (χ0n) is 12.2. The van der Waals surface area contributed by atoms with Crippen molar-refractivity contribution in [1.29, 1.82) is 0 Å². The van der Waals surface area contributed by atoms with Gasteiger partial charge in [0, 0.05) is 25.3 Å². The number of thioether (sulfide) groups is 1. The summed E-state index contributed by atoms with van der Waals surface area (Å²) >= 11 is 1.19. The number of hydrogen-bond donors (Lipinski definition) is 2. The molecule has 0 bridgehead atoms. The SMILES string of the molecule is COCCNC(=O)CSc1nc(-c2ccccc2)cc(=O)[nH]1. The van der Waals surface area contributed by atoms with Gasteiger partial charge < -0.3 is 15.0 Å². The van der Waals surface area contributed by atoms with Gasteiger partial charge in [-0.3, -0.25) is 9.59 Å². The van der Waals surface area contributed by atoms with Crippen molar-refractivity contribution in [3.05, 3.63) is 46.8 Å². The van der Waals surface area contributed by atoms with E-state index < -0.39 is 0 Å². The van der Waals surface area contributed by atoms with Gasteiger partial charge in [-0.25, -0.2) is 4.98 Å². The van der Waals surface area contributed by atoms with Crippen LogP contribution >= 0.6 is 11.8 Å². The molecule has 0 fully saturated rings. The maximum absolute atomic E-state index is 11.7. The molecule has 0 saturated carbocycles. The lowest BCUT2D eigenvalue weighted by molar-refractivity contribution is -0.118. The third-order valence-corrected chi connectivity index (χ3v) is 3.63. The minimum Gasteiger partial charge on any atom is -0.383 e. The van der Waals surface area contributed by atoms with Gasteiger partial charge >= 0.3 is 0 Å². The third kappa shape index (κ3) is 5.01. The molecule has 0 aliphatic heterocycles. The van der Waals surface area contributed by atoms with E-state index in [2.05, 4.69) is 15.3 Å². The quantitative estimate of drug-likeness (QED) is 0.456. The molecular weight excluding hydrogens is 302 g/mol. The summed E-state index contributed by atoms with van der Waals surface area (Å²) in [6.07, 6.45) is 0. The van der Waals surface area contributed by atoms with Gasteiger partial charge in [0.2, 0.25) is 5.91 Å². The molecule has 116 valence electrons. The minimum atomic E-state index is -0.240. The first-order valence-corrected chi connectivity index (χ1v) is 7.73. The number of ether oxygens (including phenoxy) is 1. The molecule has 1 aromatic carbocycles. The molecular formula is C15H17N3O3S. The molecule has 0 atom stereocenters. The Labute approximate surface area is 132 Å². The smallest absolute Gasteiger partial charge is 0.252 e. The van der Waals surface area contributed by atoms with Crippen molar-refractivity contribution in [3.8, 4) is 11.3 Å². The van der Waals surface area contributed by atoms with Gasteiger partial charge in [0.15, 0.2) is 5.16 Å². The highest BCUT2D eigenvalue weighted by Gasteiger charge is 2.07. The van der Waals surface area contributed by atoms with Crippen LogP contribution in [0.4, 0.5) is 0 Å². The number of nitrogens with zero attached hydrogens (tertiary/aromatic N) is 1. The van der Waals surface area contributed by atoms with Crippen LogP contribution in [-0.2, 0) is 9.53 Å². The summed E-state index contributed by atoms with van der Waals surface area (Å²) in [6, 6.07) is 10.9. The summed E-state index contributed by atoms with van der Waals surface area (Å²) < 4.78 is 4.85. The van der Waals surface area contributed by atoms with Crippen molar-refractivity contribution >= 4 is 17.7 Å².